The second kappa shape index (κ2) is 2.23. The molecule has 0 aliphatic carbocycles. The summed E-state index contributed by atoms with van der Waals surface area (Å²) in [5.74, 6) is 1.90. The first kappa shape index (κ1) is 5.70. The third kappa shape index (κ3) is 1.03. The van der Waals surface area contributed by atoms with E-state index in [9.17, 15) is 4.79 Å². The van der Waals surface area contributed by atoms with E-state index < -0.39 is 5.76 Å². The summed E-state index contributed by atoms with van der Waals surface area (Å²) >= 11 is 0. The quantitative estimate of drug-likeness (QED) is 0.495. The molecule has 1 heterocycles. The molecule has 0 spiro atoms. The van der Waals surface area contributed by atoms with Gasteiger partial charge in [-0.1, -0.05) is 5.92 Å². The number of aromatic nitrogens is 1. The van der Waals surface area contributed by atoms with Crippen molar-refractivity contribution in [1.82, 2.24) is 4.57 Å². The lowest BCUT2D eigenvalue weighted by atomic mass is 10.6. The van der Waals surface area contributed by atoms with Crippen LogP contribution in [0.5, 0.6) is 0 Å². The van der Waals surface area contributed by atoms with Gasteiger partial charge in [-0.3, -0.25) is 4.57 Å². The maximum absolute atomic E-state index is 10.5. The molecule has 3 nitrogen and oxygen atoms in total. The number of hydrogen-bond acceptors (Lipinski definition) is 2. The highest BCUT2D eigenvalue weighted by Crippen LogP contribution is 1.78. The number of hydrogen-bond donors (Lipinski definition) is 0. The fourth-order valence-electron chi connectivity index (χ4n) is 0.506. The predicted molar refractivity (Wildman–Crippen MR) is 31.8 cm³/mol. The van der Waals surface area contributed by atoms with Crippen LogP contribution in [-0.2, 0) is 6.54 Å². The Morgan fingerprint density at radius 2 is 2.67 bits per heavy atom. The van der Waals surface area contributed by atoms with Crippen molar-refractivity contribution in [2.75, 3.05) is 0 Å². The van der Waals surface area contributed by atoms with Gasteiger partial charge in [0, 0.05) is 6.20 Å². The monoisotopic (exact) mass is 123 g/mol. The molecule has 9 heavy (non-hydrogen) atoms. The zero-order valence-corrected chi connectivity index (χ0v) is 4.70. The van der Waals surface area contributed by atoms with Crippen molar-refractivity contribution >= 4 is 0 Å². The summed E-state index contributed by atoms with van der Waals surface area (Å²) in [6.45, 7) is 0.273. The summed E-state index contributed by atoms with van der Waals surface area (Å²) < 4.78 is 5.73. The summed E-state index contributed by atoms with van der Waals surface area (Å²) in [6.07, 6.45) is 7.74. The van der Waals surface area contributed by atoms with Gasteiger partial charge in [-0.2, -0.15) is 0 Å². The Hall–Kier alpha value is -1.43. The summed E-state index contributed by atoms with van der Waals surface area (Å²) in [6, 6.07) is 0. The van der Waals surface area contributed by atoms with Crippen LogP contribution in [0.4, 0.5) is 0 Å². The van der Waals surface area contributed by atoms with E-state index in [4.69, 9.17) is 6.42 Å². The Kier molecular flexibility index (Phi) is 1.41. The van der Waals surface area contributed by atoms with Gasteiger partial charge in [0.25, 0.3) is 0 Å². The van der Waals surface area contributed by atoms with Gasteiger partial charge >= 0.3 is 5.76 Å². The normalized spacial score (nSPS) is 8.78. The van der Waals surface area contributed by atoms with Gasteiger partial charge in [-0.05, 0) is 0 Å². The minimum Gasteiger partial charge on any atom is -0.416 e. The first-order chi connectivity index (χ1) is 4.34. The standard InChI is InChI=1S/C6H5NO2/c1-2-3-7-4-5-9-6(7)8/h1,4-5H,3H2. The van der Waals surface area contributed by atoms with Gasteiger partial charge in [-0.25, -0.2) is 4.79 Å². The average Bonchev–Trinajstić information content (AvgIpc) is 2.18. The summed E-state index contributed by atoms with van der Waals surface area (Å²) in [5, 5.41) is 0. The average molecular weight is 123 g/mol. The first-order valence-electron chi connectivity index (χ1n) is 2.42. The maximum atomic E-state index is 10.5. The lowest BCUT2D eigenvalue weighted by Crippen LogP contribution is -2.11. The Bertz CT molecular complexity index is 276. The Morgan fingerprint density at radius 3 is 3.11 bits per heavy atom. The minimum absolute atomic E-state index is 0.273. The van der Waals surface area contributed by atoms with Crippen molar-refractivity contribution in [3.05, 3.63) is 23.0 Å². The number of oxazole rings is 1. The molecular weight excluding hydrogens is 118 g/mol. The van der Waals surface area contributed by atoms with E-state index in [1.807, 2.05) is 0 Å². The second-order valence-corrected chi connectivity index (χ2v) is 1.50. The Balaban J connectivity index is 2.98. The molecule has 1 rings (SSSR count). The van der Waals surface area contributed by atoms with Crippen molar-refractivity contribution < 1.29 is 4.42 Å². The maximum Gasteiger partial charge on any atom is 0.419 e. The molecule has 0 aliphatic rings. The highest BCUT2D eigenvalue weighted by molar-refractivity contribution is 4.86. The predicted octanol–water partition coefficient (Wildman–Crippen LogP) is 0.0745. The van der Waals surface area contributed by atoms with Crippen LogP contribution in [0.1, 0.15) is 0 Å². The van der Waals surface area contributed by atoms with Crippen LogP contribution in [-0.4, -0.2) is 4.57 Å². The van der Waals surface area contributed by atoms with Gasteiger partial charge in [0.05, 0.1) is 6.54 Å². The van der Waals surface area contributed by atoms with E-state index in [0.717, 1.165) is 0 Å². The Morgan fingerprint density at radius 1 is 1.89 bits per heavy atom. The largest absolute Gasteiger partial charge is 0.419 e. The Labute approximate surface area is 51.9 Å². The topological polar surface area (TPSA) is 35.1 Å². The molecule has 0 N–H and O–H groups in total. The lowest BCUT2D eigenvalue weighted by Gasteiger charge is -1.85. The fourth-order valence-corrected chi connectivity index (χ4v) is 0.506. The molecule has 0 fully saturated rings. The summed E-state index contributed by atoms with van der Waals surface area (Å²) in [4.78, 5) is 10.5. The van der Waals surface area contributed by atoms with Gasteiger partial charge in [0.2, 0.25) is 0 Å². The molecule has 0 aromatic carbocycles. The third-order valence-electron chi connectivity index (χ3n) is 0.906. The van der Waals surface area contributed by atoms with Crippen LogP contribution in [0, 0.1) is 12.3 Å². The lowest BCUT2D eigenvalue weighted by molar-refractivity contribution is 0.490. The highest BCUT2D eigenvalue weighted by Gasteiger charge is 1.91. The van der Waals surface area contributed by atoms with Crippen LogP contribution in [0.15, 0.2) is 21.7 Å². The van der Waals surface area contributed by atoms with E-state index in [-0.39, 0.29) is 6.54 Å². The molecule has 0 radical (unpaired) electrons. The molecule has 1 aromatic rings. The molecule has 0 saturated carbocycles. The van der Waals surface area contributed by atoms with E-state index in [2.05, 4.69) is 10.3 Å². The third-order valence-corrected chi connectivity index (χ3v) is 0.906. The van der Waals surface area contributed by atoms with Crippen LogP contribution in [0.3, 0.4) is 0 Å². The molecule has 0 unspecified atom stereocenters. The van der Waals surface area contributed by atoms with Gasteiger partial charge < -0.3 is 4.42 Å². The number of rotatable bonds is 1. The second-order valence-electron chi connectivity index (χ2n) is 1.50. The molecule has 1 aromatic heterocycles. The van der Waals surface area contributed by atoms with E-state index >= 15 is 0 Å². The fraction of sp³-hybridized carbons (Fsp3) is 0.167. The van der Waals surface area contributed by atoms with Crippen LogP contribution in [0.25, 0.3) is 0 Å². The van der Waals surface area contributed by atoms with Gasteiger partial charge in [0.1, 0.15) is 6.26 Å². The SMILES string of the molecule is C#CCn1ccoc1=O. The summed E-state index contributed by atoms with van der Waals surface area (Å²) in [5.41, 5.74) is 0. The molecule has 0 atom stereocenters. The molecule has 0 saturated heterocycles. The molecule has 0 aliphatic heterocycles. The molecule has 46 valence electrons. The van der Waals surface area contributed by atoms with Crippen LogP contribution >= 0.6 is 0 Å². The smallest absolute Gasteiger partial charge is 0.416 e. The van der Waals surface area contributed by atoms with Gasteiger partial charge in [0.15, 0.2) is 0 Å². The minimum atomic E-state index is -0.409. The summed E-state index contributed by atoms with van der Waals surface area (Å²) in [7, 11) is 0. The zero-order valence-electron chi connectivity index (χ0n) is 4.70. The number of nitrogens with zero attached hydrogens (tertiary/aromatic N) is 1. The van der Waals surface area contributed by atoms with Crippen LogP contribution in [0.2, 0.25) is 0 Å². The molecule has 0 bridgehead atoms. The van der Waals surface area contributed by atoms with Crippen LogP contribution < -0.4 is 5.76 Å². The molecule has 3 heteroatoms. The van der Waals surface area contributed by atoms with Crippen molar-refractivity contribution in [2.24, 2.45) is 0 Å². The number of terminal acetylenes is 1. The van der Waals surface area contributed by atoms with E-state index in [1.165, 1.54) is 17.0 Å². The highest BCUT2D eigenvalue weighted by atomic mass is 16.4. The van der Waals surface area contributed by atoms with Crippen molar-refractivity contribution in [3.8, 4) is 12.3 Å². The van der Waals surface area contributed by atoms with Crippen molar-refractivity contribution in [2.45, 2.75) is 6.54 Å². The molecule has 0 amide bonds. The first-order valence-corrected chi connectivity index (χ1v) is 2.42. The van der Waals surface area contributed by atoms with Gasteiger partial charge in [-0.15, -0.1) is 6.42 Å². The molecular formula is C6H5NO2. The van der Waals surface area contributed by atoms with E-state index in [0.29, 0.717) is 0 Å². The zero-order chi connectivity index (χ0) is 6.69. The van der Waals surface area contributed by atoms with Crippen molar-refractivity contribution in [1.29, 1.82) is 0 Å². The van der Waals surface area contributed by atoms with Crippen molar-refractivity contribution in [3.63, 3.8) is 0 Å². The van der Waals surface area contributed by atoms with E-state index in [1.54, 1.807) is 0 Å².